The van der Waals surface area contributed by atoms with Gasteiger partial charge < -0.3 is 4.74 Å². The van der Waals surface area contributed by atoms with Gasteiger partial charge in [-0.2, -0.15) is 0 Å². The maximum absolute atomic E-state index is 12.2. The molecule has 0 aromatic heterocycles. The van der Waals surface area contributed by atoms with Gasteiger partial charge in [-0.25, -0.2) is 4.79 Å². The lowest BCUT2D eigenvalue weighted by molar-refractivity contribution is -0.128. The molecule has 0 saturated heterocycles. The van der Waals surface area contributed by atoms with Crippen molar-refractivity contribution in [1.82, 2.24) is 0 Å². The molecule has 3 rings (SSSR count). The second kappa shape index (κ2) is 9.69. The van der Waals surface area contributed by atoms with E-state index in [1.807, 2.05) is 31.2 Å². The van der Waals surface area contributed by atoms with E-state index in [2.05, 4.69) is 72.0 Å². The Morgan fingerprint density at radius 3 is 2.25 bits per heavy atom. The molecule has 0 spiro atoms. The molecule has 28 heavy (non-hydrogen) atoms. The van der Waals surface area contributed by atoms with E-state index in [0.717, 1.165) is 29.5 Å². The molecular formula is C25H23IO2. The lowest BCUT2D eigenvalue weighted by Crippen LogP contribution is -2.06. The first kappa shape index (κ1) is 20.3. The van der Waals surface area contributed by atoms with Gasteiger partial charge in [-0.05, 0) is 82.5 Å². The summed E-state index contributed by atoms with van der Waals surface area (Å²) in [6.45, 7) is 4.16. The Morgan fingerprint density at radius 1 is 0.964 bits per heavy atom. The Hall–Kier alpha value is -2.40. The number of aryl methyl sites for hydroxylation is 2. The predicted octanol–water partition coefficient (Wildman–Crippen LogP) is 6.84. The quantitative estimate of drug-likeness (QED) is 0.167. The molecule has 0 fully saturated rings. The van der Waals surface area contributed by atoms with Gasteiger partial charge in [0.1, 0.15) is 5.75 Å². The molecule has 3 aromatic rings. The van der Waals surface area contributed by atoms with Crippen LogP contribution in [0, 0.1) is 10.5 Å². The molecule has 0 aliphatic carbocycles. The summed E-state index contributed by atoms with van der Waals surface area (Å²) in [6.07, 6.45) is 5.17. The molecule has 0 unspecified atom stereocenters. The third-order valence-corrected chi connectivity index (χ3v) is 5.17. The van der Waals surface area contributed by atoms with Gasteiger partial charge in [-0.3, -0.25) is 0 Å². The summed E-state index contributed by atoms with van der Waals surface area (Å²) in [7, 11) is 0. The molecule has 0 aliphatic heterocycles. The van der Waals surface area contributed by atoms with Crippen LogP contribution in [0.1, 0.15) is 30.0 Å². The number of hydrogen-bond acceptors (Lipinski definition) is 2. The van der Waals surface area contributed by atoms with Crippen molar-refractivity contribution in [2.75, 3.05) is 0 Å². The van der Waals surface area contributed by atoms with E-state index in [1.54, 1.807) is 6.08 Å². The molecule has 0 heterocycles. The van der Waals surface area contributed by atoms with Crippen LogP contribution in [-0.4, -0.2) is 5.97 Å². The summed E-state index contributed by atoms with van der Waals surface area (Å²) in [5.41, 5.74) is 5.54. The number of hydrogen-bond donors (Lipinski definition) is 0. The van der Waals surface area contributed by atoms with E-state index in [9.17, 15) is 4.79 Å². The Kier molecular flexibility index (Phi) is 7.04. The monoisotopic (exact) mass is 482 g/mol. The van der Waals surface area contributed by atoms with Crippen LogP contribution in [-0.2, 0) is 11.2 Å². The van der Waals surface area contributed by atoms with Gasteiger partial charge in [-0.15, -0.1) is 0 Å². The molecule has 0 amide bonds. The summed E-state index contributed by atoms with van der Waals surface area (Å²) >= 11 is 2.30. The van der Waals surface area contributed by atoms with E-state index in [1.165, 1.54) is 20.8 Å². The predicted molar refractivity (Wildman–Crippen MR) is 124 cm³/mol. The average molecular weight is 482 g/mol. The van der Waals surface area contributed by atoms with Crippen LogP contribution in [0.2, 0.25) is 0 Å². The van der Waals surface area contributed by atoms with Crippen LogP contribution in [0.3, 0.4) is 0 Å². The van der Waals surface area contributed by atoms with E-state index in [-0.39, 0.29) is 5.97 Å². The van der Waals surface area contributed by atoms with E-state index < -0.39 is 0 Å². The molecule has 2 nitrogen and oxygen atoms in total. The van der Waals surface area contributed by atoms with Crippen molar-refractivity contribution >= 4 is 34.6 Å². The first-order valence-electron chi connectivity index (χ1n) is 9.40. The van der Waals surface area contributed by atoms with Crippen LogP contribution in [0.25, 0.3) is 17.2 Å². The summed E-state index contributed by atoms with van der Waals surface area (Å²) < 4.78 is 6.77. The zero-order chi connectivity index (χ0) is 19.9. The molecule has 0 radical (unpaired) electrons. The minimum absolute atomic E-state index is 0.358. The van der Waals surface area contributed by atoms with Crippen LogP contribution in [0.4, 0.5) is 0 Å². The van der Waals surface area contributed by atoms with Gasteiger partial charge in [0.2, 0.25) is 0 Å². The molecule has 0 saturated carbocycles. The van der Waals surface area contributed by atoms with E-state index in [0.29, 0.717) is 5.75 Å². The van der Waals surface area contributed by atoms with Crippen molar-refractivity contribution < 1.29 is 9.53 Å². The molecule has 0 atom stereocenters. The number of halogens is 1. The fourth-order valence-electron chi connectivity index (χ4n) is 3.01. The molecular weight excluding hydrogens is 459 g/mol. The van der Waals surface area contributed by atoms with Crippen molar-refractivity contribution in [2.45, 2.75) is 26.7 Å². The van der Waals surface area contributed by atoms with Crippen molar-refractivity contribution in [2.24, 2.45) is 0 Å². The Morgan fingerprint density at radius 2 is 1.61 bits per heavy atom. The maximum Gasteiger partial charge on any atom is 0.336 e. The van der Waals surface area contributed by atoms with Gasteiger partial charge in [-0.1, -0.05) is 67.4 Å². The highest BCUT2D eigenvalue weighted by Crippen LogP contribution is 2.23. The van der Waals surface area contributed by atoms with Crippen LogP contribution >= 0.6 is 22.6 Å². The lowest BCUT2D eigenvalue weighted by Gasteiger charge is -2.09. The second-order valence-electron chi connectivity index (χ2n) is 6.74. The standard InChI is InChI=1S/C25H23IO2/c1-3-4-22-17-18(2)5-15-24(22)28-25(27)16-8-19-6-9-20(10-7-19)21-11-13-23(26)14-12-21/h5-17H,3-4H2,1-2H3/b16-8+. The second-order valence-corrected chi connectivity index (χ2v) is 7.99. The molecule has 0 N–H and O–H groups in total. The van der Waals surface area contributed by atoms with Gasteiger partial charge in [0.25, 0.3) is 0 Å². The minimum atomic E-state index is -0.358. The number of benzene rings is 3. The fourth-order valence-corrected chi connectivity index (χ4v) is 3.37. The lowest BCUT2D eigenvalue weighted by atomic mass is 10.0. The molecule has 0 bridgehead atoms. The number of ether oxygens (including phenoxy) is 1. The zero-order valence-electron chi connectivity index (χ0n) is 16.1. The van der Waals surface area contributed by atoms with Crippen molar-refractivity contribution in [3.63, 3.8) is 0 Å². The molecule has 142 valence electrons. The van der Waals surface area contributed by atoms with E-state index in [4.69, 9.17) is 4.74 Å². The number of carbonyl (C=O) groups is 1. The third kappa shape index (κ3) is 5.55. The van der Waals surface area contributed by atoms with Gasteiger partial charge in [0.15, 0.2) is 0 Å². The summed E-state index contributed by atoms with van der Waals surface area (Å²) in [6, 6.07) is 22.5. The smallest absolute Gasteiger partial charge is 0.336 e. The highest BCUT2D eigenvalue weighted by Gasteiger charge is 2.07. The largest absolute Gasteiger partial charge is 0.423 e. The minimum Gasteiger partial charge on any atom is -0.423 e. The van der Waals surface area contributed by atoms with Crippen LogP contribution in [0.15, 0.2) is 72.8 Å². The zero-order valence-corrected chi connectivity index (χ0v) is 18.3. The molecule has 3 heteroatoms. The fraction of sp³-hybridized carbons (Fsp3) is 0.160. The van der Waals surface area contributed by atoms with Gasteiger partial charge in [0, 0.05) is 9.65 Å². The van der Waals surface area contributed by atoms with Gasteiger partial charge >= 0.3 is 5.97 Å². The SMILES string of the molecule is CCCc1cc(C)ccc1OC(=O)/C=C/c1ccc(-c2ccc(I)cc2)cc1. The first-order chi connectivity index (χ1) is 13.5. The summed E-state index contributed by atoms with van der Waals surface area (Å²) in [5, 5.41) is 0. The van der Waals surface area contributed by atoms with E-state index >= 15 is 0 Å². The summed E-state index contributed by atoms with van der Waals surface area (Å²) in [4.78, 5) is 12.2. The number of rotatable bonds is 6. The average Bonchev–Trinajstić information content (AvgIpc) is 2.70. The topological polar surface area (TPSA) is 26.3 Å². The molecule has 0 aliphatic rings. The van der Waals surface area contributed by atoms with Crippen LogP contribution in [0.5, 0.6) is 5.75 Å². The summed E-state index contributed by atoms with van der Waals surface area (Å²) in [5.74, 6) is 0.291. The number of esters is 1. The third-order valence-electron chi connectivity index (χ3n) is 4.45. The highest BCUT2D eigenvalue weighted by molar-refractivity contribution is 14.1. The maximum atomic E-state index is 12.2. The van der Waals surface area contributed by atoms with Crippen LogP contribution < -0.4 is 4.74 Å². The first-order valence-corrected chi connectivity index (χ1v) is 10.5. The Balaban J connectivity index is 1.67. The Labute approximate surface area is 180 Å². The van der Waals surface area contributed by atoms with Crippen molar-refractivity contribution in [3.05, 3.63) is 93.1 Å². The van der Waals surface area contributed by atoms with Gasteiger partial charge in [0.05, 0.1) is 0 Å². The number of carbonyl (C=O) groups excluding carboxylic acids is 1. The normalized spacial score (nSPS) is 11.0. The van der Waals surface area contributed by atoms with Crippen molar-refractivity contribution in [1.29, 1.82) is 0 Å². The molecule has 3 aromatic carbocycles. The Bertz CT molecular complexity index is 970. The van der Waals surface area contributed by atoms with Crippen molar-refractivity contribution in [3.8, 4) is 16.9 Å². The highest BCUT2D eigenvalue weighted by atomic mass is 127.